The van der Waals surface area contributed by atoms with E-state index >= 15 is 0 Å². The van der Waals surface area contributed by atoms with Gasteiger partial charge in [0.25, 0.3) is 5.91 Å². The van der Waals surface area contributed by atoms with Crippen LogP contribution in [0.15, 0.2) is 84.9 Å². The van der Waals surface area contributed by atoms with Gasteiger partial charge in [-0.2, -0.15) is 0 Å². The van der Waals surface area contributed by atoms with Crippen LogP contribution in [0.1, 0.15) is 15.9 Å². The lowest BCUT2D eigenvalue weighted by molar-refractivity contribution is 0.102. The van der Waals surface area contributed by atoms with Crippen LogP contribution in [0.5, 0.6) is 5.75 Å². The highest BCUT2D eigenvalue weighted by molar-refractivity contribution is 6.04. The number of carbonyl (C=O) groups is 1. The predicted octanol–water partition coefficient (Wildman–Crippen LogP) is 4.03. The molecule has 0 aliphatic carbocycles. The number of rotatable bonds is 7. The standard InChI is InChI=1S/C25H24N6O2/c26-22-14-21(23(27)24(30-22)31-28)33-15-16-5-4-8-19(13-16)17-9-11-20(12-10-17)29-25(32)18-6-2-1-3-7-18/h1-14H,15,27-28H2,(H,29,32)(H3,26,30,31). The average molecular weight is 441 g/mol. The van der Waals surface area contributed by atoms with Crippen LogP contribution in [0.25, 0.3) is 11.1 Å². The summed E-state index contributed by atoms with van der Waals surface area (Å²) in [5.41, 5.74) is 18.8. The number of carbonyl (C=O) groups excluding carboxylic acids is 1. The first-order valence-electron chi connectivity index (χ1n) is 10.2. The molecule has 0 fully saturated rings. The maximum absolute atomic E-state index is 12.3. The predicted molar refractivity (Wildman–Crippen MR) is 131 cm³/mol. The number of nitrogens with two attached hydrogens (primary N) is 3. The van der Waals surface area contributed by atoms with Gasteiger partial charge in [-0.3, -0.25) is 4.79 Å². The van der Waals surface area contributed by atoms with E-state index in [0.717, 1.165) is 22.4 Å². The molecule has 8 nitrogen and oxygen atoms in total. The third kappa shape index (κ3) is 5.20. The lowest BCUT2D eigenvalue weighted by Gasteiger charge is -2.13. The third-order valence-corrected chi connectivity index (χ3v) is 5.01. The van der Waals surface area contributed by atoms with Crippen LogP contribution in [-0.2, 0) is 6.61 Å². The summed E-state index contributed by atoms with van der Waals surface area (Å²) in [6, 6.07) is 26.3. The quantitative estimate of drug-likeness (QED) is 0.216. The molecular weight excluding hydrogens is 416 g/mol. The van der Waals surface area contributed by atoms with Crippen LogP contribution in [-0.4, -0.2) is 10.9 Å². The number of nitrogens with zero attached hydrogens (tertiary/aromatic N) is 1. The Labute approximate surface area is 191 Å². The van der Waals surface area contributed by atoms with Gasteiger partial charge in [0.05, 0.1) is 0 Å². The van der Waals surface area contributed by atoms with Gasteiger partial charge < -0.3 is 26.9 Å². The largest absolute Gasteiger partial charge is 0.486 e. The molecule has 3 aromatic carbocycles. The topological polar surface area (TPSA) is 141 Å². The van der Waals surface area contributed by atoms with Crippen molar-refractivity contribution in [1.29, 1.82) is 0 Å². The summed E-state index contributed by atoms with van der Waals surface area (Å²) in [5, 5.41) is 2.91. The van der Waals surface area contributed by atoms with E-state index in [9.17, 15) is 4.79 Å². The Morgan fingerprint density at radius 2 is 1.64 bits per heavy atom. The Hall–Kier alpha value is -4.56. The van der Waals surface area contributed by atoms with E-state index in [1.807, 2.05) is 66.7 Å². The molecule has 0 bridgehead atoms. The molecular formula is C25H24N6O2. The minimum absolute atomic E-state index is 0.147. The number of hydrogen-bond acceptors (Lipinski definition) is 7. The second-order valence-corrected chi connectivity index (χ2v) is 7.34. The molecule has 8 N–H and O–H groups in total. The van der Waals surface area contributed by atoms with Gasteiger partial charge in [0, 0.05) is 17.3 Å². The van der Waals surface area contributed by atoms with Crippen molar-refractivity contribution in [2.45, 2.75) is 6.61 Å². The molecule has 0 atom stereocenters. The summed E-state index contributed by atoms with van der Waals surface area (Å²) < 4.78 is 5.85. The van der Waals surface area contributed by atoms with Crippen LogP contribution >= 0.6 is 0 Å². The number of ether oxygens (including phenoxy) is 1. The van der Waals surface area contributed by atoms with Gasteiger partial charge >= 0.3 is 0 Å². The monoisotopic (exact) mass is 440 g/mol. The fraction of sp³-hybridized carbons (Fsp3) is 0.0400. The lowest BCUT2D eigenvalue weighted by Crippen LogP contribution is -2.13. The van der Waals surface area contributed by atoms with E-state index in [4.69, 9.17) is 22.0 Å². The van der Waals surface area contributed by atoms with Crippen LogP contribution in [0.3, 0.4) is 0 Å². The zero-order valence-corrected chi connectivity index (χ0v) is 17.8. The smallest absolute Gasteiger partial charge is 0.255 e. The number of amides is 1. The van der Waals surface area contributed by atoms with Gasteiger partial charge in [-0.25, -0.2) is 10.8 Å². The molecule has 33 heavy (non-hydrogen) atoms. The van der Waals surface area contributed by atoms with Gasteiger partial charge in [-0.15, -0.1) is 0 Å². The maximum Gasteiger partial charge on any atom is 0.255 e. The Morgan fingerprint density at radius 1 is 0.879 bits per heavy atom. The summed E-state index contributed by atoms with van der Waals surface area (Å²) in [6.07, 6.45) is 0. The summed E-state index contributed by atoms with van der Waals surface area (Å²) in [4.78, 5) is 16.3. The molecule has 4 aromatic rings. The van der Waals surface area contributed by atoms with Crippen LogP contribution in [0.4, 0.5) is 23.0 Å². The Bertz CT molecular complexity index is 1260. The molecule has 8 heteroatoms. The van der Waals surface area contributed by atoms with Gasteiger partial charge in [-0.1, -0.05) is 48.5 Å². The minimum atomic E-state index is -0.147. The van der Waals surface area contributed by atoms with Gasteiger partial charge in [0.15, 0.2) is 5.82 Å². The summed E-state index contributed by atoms with van der Waals surface area (Å²) in [7, 11) is 0. The van der Waals surface area contributed by atoms with Crippen LogP contribution in [0, 0.1) is 0 Å². The second-order valence-electron chi connectivity index (χ2n) is 7.34. The molecule has 0 aliphatic rings. The van der Waals surface area contributed by atoms with E-state index in [0.29, 0.717) is 11.3 Å². The number of hydrogen-bond donors (Lipinski definition) is 5. The molecule has 4 rings (SSSR count). The Morgan fingerprint density at radius 3 is 2.36 bits per heavy atom. The molecule has 0 unspecified atom stereocenters. The number of hydrazine groups is 1. The van der Waals surface area contributed by atoms with Crippen molar-refractivity contribution in [2.75, 3.05) is 22.2 Å². The van der Waals surface area contributed by atoms with Crippen LogP contribution in [0.2, 0.25) is 0 Å². The second kappa shape index (κ2) is 9.71. The molecule has 0 spiro atoms. The molecule has 1 amide bonds. The van der Waals surface area contributed by atoms with E-state index < -0.39 is 0 Å². The summed E-state index contributed by atoms with van der Waals surface area (Å²) in [6.45, 7) is 0.288. The van der Waals surface area contributed by atoms with Crippen molar-refractivity contribution < 1.29 is 9.53 Å². The Balaban J connectivity index is 1.45. The molecule has 1 aromatic heterocycles. The van der Waals surface area contributed by atoms with Gasteiger partial charge in [-0.05, 0) is 47.0 Å². The van der Waals surface area contributed by atoms with E-state index in [1.165, 1.54) is 0 Å². The molecule has 0 aliphatic heterocycles. The number of nitrogen functional groups attached to an aromatic ring is 3. The number of benzene rings is 3. The first-order chi connectivity index (χ1) is 16.0. The van der Waals surface area contributed by atoms with Gasteiger partial charge in [0.1, 0.15) is 23.9 Å². The van der Waals surface area contributed by atoms with E-state index in [-0.39, 0.29) is 29.8 Å². The van der Waals surface area contributed by atoms with Crippen molar-refractivity contribution in [3.05, 3.63) is 96.1 Å². The number of anilines is 4. The highest BCUT2D eigenvalue weighted by Crippen LogP contribution is 2.30. The van der Waals surface area contributed by atoms with Crippen molar-refractivity contribution in [3.8, 4) is 16.9 Å². The lowest BCUT2D eigenvalue weighted by atomic mass is 10.0. The minimum Gasteiger partial charge on any atom is -0.486 e. The van der Waals surface area contributed by atoms with E-state index in [1.54, 1.807) is 18.2 Å². The summed E-state index contributed by atoms with van der Waals surface area (Å²) in [5.74, 6) is 6.19. The highest BCUT2D eigenvalue weighted by Gasteiger charge is 2.10. The molecule has 0 saturated heterocycles. The van der Waals surface area contributed by atoms with Crippen molar-refractivity contribution in [1.82, 2.24) is 4.98 Å². The zero-order valence-electron chi connectivity index (χ0n) is 17.8. The van der Waals surface area contributed by atoms with E-state index in [2.05, 4.69) is 15.7 Å². The van der Waals surface area contributed by atoms with Crippen LogP contribution < -0.4 is 32.8 Å². The maximum atomic E-state index is 12.3. The molecule has 1 heterocycles. The number of aromatic nitrogens is 1. The number of pyridine rings is 1. The summed E-state index contributed by atoms with van der Waals surface area (Å²) >= 11 is 0. The molecule has 166 valence electrons. The fourth-order valence-electron chi connectivity index (χ4n) is 3.32. The van der Waals surface area contributed by atoms with Crippen molar-refractivity contribution >= 4 is 28.9 Å². The Kier molecular flexibility index (Phi) is 6.38. The average Bonchev–Trinajstić information content (AvgIpc) is 2.85. The third-order valence-electron chi connectivity index (χ3n) is 5.01. The number of nitrogens with one attached hydrogen (secondary N) is 2. The van der Waals surface area contributed by atoms with Crippen molar-refractivity contribution in [3.63, 3.8) is 0 Å². The zero-order chi connectivity index (χ0) is 23.2. The normalized spacial score (nSPS) is 10.5. The first-order valence-corrected chi connectivity index (χ1v) is 10.2. The fourth-order valence-corrected chi connectivity index (χ4v) is 3.32. The van der Waals surface area contributed by atoms with Crippen molar-refractivity contribution in [2.24, 2.45) is 5.84 Å². The highest BCUT2D eigenvalue weighted by atomic mass is 16.5. The molecule has 0 radical (unpaired) electrons. The van der Waals surface area contributed by atoms with Gasteiger partial charge in [0.2, 0.25) is 0 Å². The molecule has 0 saturated carbocycles. The first kappa shape index (κ1) is 21.7. The SMILES string of the molecule is NNc1nc(N)cc(OCc2cccc(-c3ccc(NC(=O)c4ccccc4)cc3)c2)c1N.